The lowest BCUT2D eigenvalue weighted by Gasteiger charge is -2.40. The topological polar surface area (TPSA) is 132 Å². The van der Waals surface area contributed by atoms with Crippen molar-refractivity contribution >= 4 is 29.2 Å². The van der Waals surface area contributed by atoms with Gasteiger partial charge in [0.2, 0.25) is 5.91 Å². The number of ketones is 1. The number of anilines is 1. The molecule has 5 rings (SSSR count). The number of fused-ring (bicyclic) bond motifs is 1. The van der Waals surface area contributed by atoms with Crippen molar-refractivity contribution in [3.63, 3.8) is 0 Å². The number of benzene rings is 3. The van der Waals surface area contributed by atoms with Crippen LogP contribution in [0.4, 0.5) is 5.69 Å². The summed E-state index contributed by atoms with van der Waals surface area (Å²) in [5.41, 5.74) is 3.39. The maximum Gasteiger partial charge on any atom is 0.264 e. The smallest absolute Gasteiger partial charge is 0.264 e. The van der Waals surface area contributed by atoms with Gasteiger partial charge in [-0.15, -0.1) is 6.58 Å². The number of carbonyl (C=O) groups excluding carboxylic acids is 4. The molecule has 0 aromatic heterocycles. The van der Waals surface area contributed by atoms with Gasteiger partial charge < -0.3 is 19.7 Å². The van der Waals surface area contributed by atoms with Crippen molar-refractivity contribution in [2.75, 3.05) is 51.8 Å². The summed E-state index contributed by atoms with van der Waals surface area (Å²) >= 11 is 0. The standard InChI is InChI=1S/C39H43N5O6/c1-5-31(27-12-7-6-8-13-27)42-20-22-43(23-21-42)33-16-11-14-29-36(33)39(48)44(38(29)47)32(28-17-18-34(49-3)35(24-28)50-4)15-9-10-19-41-37(46)30(25-40)26(2)45/h5-8,11-14,16-18,24,30-32H,1,9-10,15,19-23H2,2-4H3,(H,41,46)/t30?,31-,32-/m1/s1. The van der Waals surface area contributed by atoms with Gasteiger partial charge in [-0.3, -0.25) is 29.0 Å². The molecule has 0 spiro atoms. The highest BCUT2D eigenvalue weighted by molar-refractivity contribution is 6.24. The molecule has 3 aromatic rings. The zero-order chi connectivity index (χ0) is 35.8. The predicted molar refractivity (Wildman–Crippen MR) is 189 cm³/mol. The summed E-state index contributed by atoms with van der Waals surface area (Å²) in [6.07, 6.45) is 3.40. The minimum Gasteiger partial charge on any atom is -0.493 e. The van der Waals surface area contributed by atoms with Crippen molar-refractivity contribution in [2.24, 2.45) is 5.92 Å². The van der Waals surface area contributed by atoms with Crippen LogP contribution in [-0.4, -0.2) is 80.2 Å². The van der Waals surface area contributed by atoms with Crippen LogP contribution in [0.5, 0.6) is 11.5 Å². The third-order valence-electron chi connectivity index (χ3n) is 9.44. The number of unbranched alkanes of at least 4 members (excludes halogenated alkanes) is 1. The van der Waals surface area contributed by atoms with Crippen molar-refractivity contribution in [1.29, 1.82) is 5.26 Å². The highest BCUT2D eigenvalue weighted by Crippen LogP contribution is 2.41. The van der Waals surface area contributed by atoms with Crippen LogP contribution in [0.25, 0.3) is 0 Å². The van der Waals surface area contributed by atoms with E-state index in [4.69, 9.17) is 14.7 Å². The van der Waals surface area contributed by atoms with E-state index in [9.17, 15) is 19.2 Å². The number of rotatable bonds is 15. The third kappa shape index (κ3) is 7.40. The van der Waals surface area contributed by atoms with E-state index in [-0.39, 0.29) is 24.4 Å². The quantitative estimate of drug-likeness (QED) is 0.101. The van der Waals surface area contributed by atoms with Crippen molar-refractivity contribution in [2.45, 2.75) is 38.3 Å². The number of hydrogen-bond donors (Lipinski definition) is 1. The van der Waals surface area contributed by atoms with Crippen LogP contribution in [0.3, 0.4) is 0 Å². The number of carbonyl (C=O) groups is 4. The molecule has 11 heteroatoms. The minimum absolute atomic E-state index is 0.0796. The molecular formula is C39H43N5O6. The normalized spacial score (nSPS) is 16.2. The molecule has 1 fully saturated rings. The van der Waals surface area contributed by atoms with Gasteiger partial charge in [-0.05, 0) is 61.6 Å². The first-order chi connectivity index (χ1) is 24.2. The average molecular weight is 678 g/mol. The van der Waals surface area contributed by atoms with Crippen LogP contribution in [0.15, 0.2) is 79.4 Å². The number of ether oxygens (including phenoxy) is 2. The van der Waals surface area contributed by atoms with Crippen molar-refractivity contribution < 1.29 is 28.7 Å². The van der Waals surface area contributed by atoms with Crippen LogP contribution in [0, 0.1) is 17.2 Å². The van der Waals surface area contributed by atoms with E-state index in [2.05, 4.69) is 33.8 Å². The SMILES string of the molecule is C=C[C@H](c1ccccc1)N1CCN(c2cccc3c2C(=O)N([C@H](CCCCNC(=O)C(C#N)C(C)=O)c2ccc(OC)c(OC)c2)C3=O)CC1. The number of methoxy groups -OCH3 is 2. The molecule has 0 saturated carbocycles. The first-order valence-corrected chi connectivity index (χ1v) is 16.8. The third-order valence-corrected chi connectivity index (χ3v) is 9.44. The van der Waals surface area contributed by atoms with Crippen LogP contribution >= 0.6 is 0 Å². The van der Waals surface area contributed by atoms with E-state index < -0.39 is 23.7 Å². The summed E-state index contributed by atoms with van der Waals surface area (Å²) in [6, 6.07) is 22.2. The van der Waals surface area contributed by atoms with E-state index in [1.165, 1.54) is 31.6 Å². The highest BCUT2D eigenvalue weighted by Gasteiger charge is 2.43. The van der Waals surface area contributed by atoms with Crippen LogP contribution in [-0.2, 0) is 9.59 Å². The molecule has 3 aromatic carbocycles. The molecule has 1 N–H and O–H groups in total. The number of piperazine rings is 1. The van der Waals surface area contributed by atoms with Crippen molar-refractivity contribution in [1.82, 2.24) is 15.1 Å². The Hall–Kier alpha value is -5.47. The largest absolute Gasteiger partial charge is 0.493 e. The number of amides is 3. The van der Waals surface area contributed by atoms with Gasteiger partial charge >= 0.3 is 0 Å². The maximum absolute atomic E-state index is 14.4. The van der Waals surface area contributed by atoms with Crippen molar-refractivity contribution in [3.8, 4) is 17.6 Å². The second-order valence-electron chi connectivity index (χ2n) is 12.4. The zero-order valence-corrected chi connectivity index (χ0v) is 28.8. The molecule has 0 bridgehead atoms. The molecule has 2 heterocycles. The number of nitrogens with one attached hydrogen (secondary N) is 1. The predicted octanol–water partition coefficient (Wildman–Crippen LogP) is 5.11. The highest BCUT2D eigenvalue weighted by atomic mass is 16.5. The number of Topliss-reactive ketones (excluding diaryl/α,β-unsaturated/α-hetero) is 1. The maximum atomic E-state index is 14.4. The Balaban J connectivity index is 1.36. The molecule has 0 aliphatic carbocycles. The lowest BCUT2D eigenvalue weighted by molar-refractivity contribution is -0.130. The number of nitrogens with zero attached hydrogens (tertiary/aromatic N) is 4. The fourth-order valence-electron chi connectivity index (χ4n) is 6.83. The van der Waals surface area contributed by atoms with E-state index in [0.717, 1.165) is 18.8 Å². The van der Waals surface area contributed by atoms with Gasteiger partial charge in [-0.1, -0.05) is 48.5 Å². The molecule has 50 heavy (non-hydrogen) atoms. The molecule has 11 nitrogen and oxygen atoms in total. The van der Waals surface area contributed by atoms with E-state index in [1.54, 1.807) is 24.3 Å². The summed E-state index contributed by atoms with van der Waals surface area (Å²) in [4.78, 5) is 58.3. The summed E-state index contributed by atoms with van der Waals surface area (Å²) in [6.45, 7) is 8.39. The van der Waals surface area contributed by atoms with Crippen molar-refractivity contribution in [3.05, 3.63) is 102 Å². The van der Waals surface area contributed by atoms with Gasteiger partial charge in [-0.2, -0.15) is 5.26 Å². The molecule has 0 radical (unpaired) electrons. The summed E-state index contributed by atoms with van der Waals surface area (Å²) in [7, 11) is 3.07. The number of imide groups is 1. The second kappa shape index (κ2) is 16.3. The van der Waals surface area contributed by atoms with Crippen LogP contribution in [0.1, 0.15) is 70.1 Å². The van der Waals surface area contributed by atoms with E-state index >= 15 is 0 Å². The molecule has 260 valence electrons. The summed E-state index contributed by atoms with van der Waals surface area (Å²) in [5, 5.41) is 11.8. The van der Waals surface area contributed by atoms with Crippen LogP contribution < -0.4 is 19.7 Å². The fourth-order valence-corrected chi connectivity index (χ4v) is 6.83. The molecular weight excluding hydrogens is 634 g/mol. The van der Waals surface area contributed by atoms with Gasteiger partial charge in [-0.25, -0.2) is 0 Å². The summed E-state index contributed by atoms with van der Waals surface area (Å²) < 4.78 is 11.0. The molecule has 1 unspecified atom stereocenters. The van der Waals surface area contributed by atoms with Gasteiger partial charge in [0.05, 0.1) is 49.2 Å². The monoisotopic (exact) mass is 677 g/mol. The zero-order valence-electron chi connectivity index (χ0n) is 28.8. The number of hydrogen-bond acceptors (Lipinski definition) is 9. The van der Waals surface area contributed by atoms with Gasteiger partial charge in [0, 0.05) is 32.7 Å². The first kappa shape index (κ1) is 35.8. The average Bonchev–Trinajstić information content (AvgIpc) is 3.39. The molecule has 2 aliphatic heterocycles. The minimum atomic E-state index is -1.35. The van der Waals surface area contributed by atoms with Gasteiger partial charge in [0.15, 0.2) is 23.2 Å². The Bertz CT molecular complexity index is 1780. The van der Waals surface area contributed by atoms with E-state index in [1.807, 2.05) is 42.5 Å². The Morgan fingerprint density at radius 2 is 1.64 bits per heavy atom. The molecule has 1 saturated heterocycles. The Kier molecular flexibility index (Phi) is 11.7. The number of nitriles is 1. The second-order valence-corrected chi connectivity index (χ2v) is 12.4. The lowest BCUT2D eigenvalue weighted by Crippen LogP contribution is -2.47. The summed E-state index contributed by atoms with van der Waals surface area (Å²) in [5.74, 6) is -2.24. The Morgan fingerprint density at radius 3 is 2.28 bits per heavy atom. The molecule has 3 amide bonds. The van der Waals surface area contributed by atoms with E-state index in [0.29, 0.717) is 60.5 Å². The van der Waals surface area contributed by atoms with Crippen LogP contribution in [0.2, 0.25) is 0 Å². The Labute approximate surface area is 293 Å². The van der Waals surface area contributed by atoms with Gasteiger partial charge in [0.1, 0.15) is 0 Å². The Morgan fingerprint density at radius 1 is 0.920 bits per heavy atom. The first-order valence-electron chi connectivity index (χ1n) is 16.8. The lowest BCUT2D eigenvalue weighted by atomic mass is 9.98. The van der Waals surface area contributed by atoms with Gasteiger partial charge in [0.25, 0.3) is 11.8 Å². The molecule has 2 aliphatic rings. The fraction of sp³-hybridized carbons (Fsp3) is 0.359. The molecule has 3 atom stereocenters.